The molecule has 3 fully saturated rings. The molecule has 0 spiro atoms. The zero-order valence-corrected chi connectivity index (χ0v) is 18.7. The molecule has 0 amide bonds. The average Bonchev–Trinajstić information content (AvgIpc) is 2.90. The van der Waals surface area contributed by atoms with Crippen LogP contribution < -0.4 is 0 Å². The first kappa shape index (κ1) is 20.8. The van der Waals surface area contributed by atoms with Crippen LogP contribution in [0, 0.1) is 34.5 Å². The van der Waals surface area contributed by atoms with Gasteiger partial charge in [-0.05, 0) is 74.7 Å². The van der Waals surface area contributed by atoms with Crippen molar-refractivity contribution in [3.05, 3.63) is 11.6 Å². The monoisotopic (exact) mass is 400 g/mol. The highest BCUT2D eigenvalue weighted by molar-refractivity contribution is 5.92. The molecule has 0 heterocycles. The lowest BCUT2D eigenvalue weighted by atomic mass is 9.46. The van der Waals surface area contributed by atoms with E-state index >= 15 is 0 Å². The van der Waals surface area contributed by atoms with Crippen molar-refractivity contribution >= 4 is 17.5 Å². The number of esters is 1. The van der Waals surface area contributed by atoms with Gasteiger partial charge in [0.05, 0.1) is 0 Å². The molecule has 3 saturated carbocycles. The Balaban J connectivity index is 1.73. The van der Waals surface area contributed by atoms with Crippen LogP contribution in [0.2, 0.25) is 0 Å². The third-order valence-electron chi connectivity index (χ3n) is 9.59. The summed E-state index contributed by atoms with van der Waals surface area (Å²) < 4.78 is 6.08. The molecule has 0 aromatic carbocycles. The van der Waals surface area contributed by atoms with Crippen molar-refractivity contribution in [1.82, 2.24) is 0 Å². The molecule has 0 saturated heterocycles. The maximum atomic E-state index is 13.1. The number of Topliss-reactive ketones (excluding diaryl/α,β-unsaturated/α-hetero) is 1. The third kappa shape index (κ3) is 2.66. The summed E-state index contributed by atoms with van der Waals surface area (Å²) in [6, 6.07) is 0. The average molecular weight is 401 g/mol. The van der Waals surface area contributed by atoms with Gasteiger partial charge in [0.1, 0.15) is 0 Å². The number of hydrogen-bond acceptors (Lipinski definition) is 4. The molecule has 160 valence electrons. The quantitative estimate of drug-likeness (QED) is 0.622. The lowest BCUT2D eigenvalue weighted by Crippen LogP contribution is -2.60. The first-order valence-corrected chi connectivity index (χ1v) is 11.6. The fraction of sp³-hybridized carbons (Fsp3) is 0.800. The van der Waals surface area contributed by atoms with Gasteiger partial charge in [-0.25, -0.2) is 0 Å². The van der Waals surface area contributed by atoms with Gasteiger partial charge in [-0.1, -0.05) is 33.3 Å². The molecule has 4 nitrogen and oxygen atoms in total. The second-order valence-electron chi connectivity index (χ2n) is 10.7. The highest BCUT2D eigenvalue weighted by atomic mass is 16.6. The maximum absolute atomic E-state index is 13.1. The number of rotatable bonds is 3. The van der Waals surface area contributed by atoms with Crippen LogP contribution >= 0.6 is 0 Å². The van der Waals surface area contributed by atoms with Crippen LogP contribution in [0.5, 0.6) is 0 Å². The number of allylic oxidation sites excluding steroid dienone is 1. The smallest absolute Gasteiger partial charge is 0.306 e. The number of fused-ring (bicyclic) bond motifs is 5. The lowest BCUT2D eigenvalue weighted by molar-refractivity contribution is -0.194. The lowest BCUT2D eigenvalue weighted by Gasteiger charge is -2.59. The predicted octanol–water partition coefficient (Wildman–Crippen LogP) is 5.05. The van der Waals surface area contributed by atoms with E-state index < -0.39 is 5.60 Å². The van der Waals surface area contributed by atoms with Gasteiger partial charge in [0.15, 0.2) is 17.2 Å². The van der Waals surface area contributed by atoms with Crippen molar-refractivity contribution in [2.75, 3.05) is 0 Å². The van der Waals surface area contributed by atoms with E-state index in [2.05, 4.69) is 20.8 Å². The fourth-order valence-electron chi connectivity index (χ4n) is 8.18. The number of ketones is 2. The molecule has 4 heteroatoms. The molecule has 0 N–H and O–H groups in total. The SMILES string of the molecule is CCC(=O)O[C@]1(C(C)=O)C(C)C[C@H]2[C@@H]3CCC4=CC(=O)CC[C@]4(C)[C@H]3CC[C@@]21C. The summed E-state index contributed by atoms with van der Waals surface area (Å²) in [5.41, 5.74) is 0.185. The highest BCUT2D eigenvalue weighted by Gasteiger charge is 2.70. The van der Waals surface area contributed by atoms with E-state index in [1.807, 2.05) is 6.08 Å². The van der Waals surface area contributed by atoms with Crippen LogP contribution in [0.25, 0.3) is 0 Å². The van der Waals surface area contributed by atoms with E-state index in [9.17, 15) is 14.4 Å². The second kappa shape index (κ2) is 6.78. The molecule has 0 radical (unpaired) electrons. The van der Waals surface area contributed by atoms with E-state index in [0.717, 1.165) is 38.5 Å². The number of carbonyl (C=O) groups excluding carboxylic acids is 3. The van der Waals surface area contributed by atoms with E-state index in [0.29, 0.717) is 30.6 Å². The second-order valence-corrected chi connectivity index (χ2v) is 10.7. The molecular formula is C25H36O4. The van der Waals surface area contributed by atoms with E-state index in [1.54, 1.807) is 13.8 Å². The molecule has 4 aliphatic carbocycles. The molecule has 7 atom stereocenters. The number of carbonyl (C=O) groups is 3. The Morgan fingerprint density at radius 2 is 1.86 bits per heavy atom. The largest absolute Gasteiger partial charge is 0.450 e. The topological polar surface area (TPSA) is 60.4 Å². The van der Waals surface area contributed by atoms with Gasteiger partial charge < -0.3 is 4.74 Å². The summed E-state index contributed by atoms with van der Waals surface area (Å²) in [6.07, 6.45) is 8.84. The molecule has 0 bridgehead atoms. The minimum atomic E-state index is -0.991. The van der Waals surface area contributed by atoms with Crippen LogP contribution in [-0.2, 0) is 19.1 Å². The standard InChI is InChI=1S/C25H36O4/c1-6-22(28)29-25(16(3)26)15(2)13-21-19-8-7-17-14-18(27)9-11-23(17,4)20(19)10-12-24(21,25)5/h14-15,19-21H,6-13H2,1-5H3/t15?,19-,20+,21+,23+,24+,25+/m1/s1. The molecule has 4 rings (SSSR count). The molecule has 4 aliphatic rings. The maximum Gasteiger partial charge on any atom is 0.306 e. The zero-order chi connectivity index (χ0) is 21.2. The van der Waals surface area contributed by atoms with Gasteiger partial charge in [-0.2, -0.15) is 0 Å². The van der Waals surface area contributed by atoms with Crippen molar-refractivity contribution in [1.29, 1.82) is 0 Å². The van der Waals surface area contributed by atoms with Crippen LogP contribution in [0.1, 0.15) is 86.0 Å². The van der Waals surface area contributed by atoms with E-state index in [1.165, 1.54) is 5.57 Å². The summed E-state index contributed by atoms with van der Waals surface area (Å²) in [4.78, 5) is 37.5. The van der Waals surface area contributed by atoms with Crippen LogP contribution in [-0.4, -0.2) is 23.1 Å². The first-order valence-electron chi connectivity index (χ1n) is 11.6. The van der Waals surface area contributed by atoms with Crippen LogP contribution in [0.15, 0.2) is 11.6 Å². The summed E-state index contributed by atoms with van der Waals surface area (Å²) in [7, 11) is 0. The Morgan fingerprint density at radius 1 is 1.14 bits per heavy atom. The number of ether oxygens (including phenoxy) is 1. The van der Waals surface area contributed by atoms with Crippen LogP contribution in [0.4, 0.5) is 0 Å². The summed E-state index contributed by atoms with van der Waals surface area (Å²) in [6.45, 7) is 10.1. The van der Waals surface area contributed by atoms with Crippen molar-refractivity contribution < 1.29 is 19.1 Å². The van der Waals surface area contributed by atoms with Gasteiger partial charge in [0, 0.05) is 24.2 Å². The third-order valence-corrected chi connectivity index (χ3v) is 9.59. The van der Waals surface area contributed by atoms with Gasteiger partial charge in [-0.15, -0.1) is 0 Å². The van der Waals surface area contributed by atoms with Gasteiger partial charge in [0.2, 0.25) is 0 Å². The Bertz CT molecular complexity index is 782. The Hall–Kier alpha value is -1.45. The molecular weight excluding hydrogens is 364 g/mol. The van der Waals surface area contributed by atoms with Gasteiger partial charge in [0.25, 0.3) is 0 Å². The summed E-state index contributed by atoms with van der Waals surface area (Å²) >= 11 is 0. The molecule has 0 aromatic heterocycles. The van der Waals surface area contributed by atoms with Crippen molar-refractivity contribution in [3.63, 3.8) is 0 Å². The van der Waals surface area contributed by atoms with Gasteiger partial charge >= 0.3 is 5.97 Å². The summed E-state index contributed by atoms with van der Waals surface area (Å²) in [5.74, 6) is 1.57. The van der Waals surface area contributed by atoms with Gasteiger partial charge in [-0.3, -0.25) is 14.4 Å². The minimum absolute atomic E-state index is 0.0149. The predicted molar refractivity (Wildman–Crippen MR) is 111 cm³/mol. The Labute approximate surface area is 174 Å². The van der Waals surface area contributed by atoms with Crippen molar-refractivity contribution in [2.45, 2.75) is 91.6 Å². The Kier molecular flexibility index (Phi) is 4.87. The fourth-order valence-corrected chi connectivity index (χ4v) is 8.18. The molecule has 0 aromatic rings. The Morgan fingerprint density at radius 3 is 2.52 bits per heavy atom. The zero-order valence-electron chi connectivity index (χ0n) is 18.7. The van der Waals surface area contributed by atoms with Crippen LogP contribution in [0.3, 0.4) is 0 Å². The van der Waals surface area contributed by atoms with Crippen molar-refractivity contribution in [2.24, 2.45) is 34.5 Å². The summed E-state index contributed by atoms with van der Waals surface area (Å²) in [5, 5.41) is 0. The number of hydrogen-bond donors (Lipinski definition) is 0. The van der Waals surface area contributed by atoms with E-state index in [4.69, 9.17) is 4.74 Å². The minimum Gasteiger partial charge on any atom is -0.450 e. The molecule has 29 heavy (non-hydrogen) atoms. The highest BCUT2D eigenvalue weighted by Crippen LogP contribution is 2.69. The van der Waals surface area contributed by atoms with Crippen molar-refractivity contribution in [3.8, 4) is 0 Å². The molecule has 0 aliphatic heterocycles. The molecule has 1 unspecified atom stereocenters. The van der Waals surface area contributed by atoms with E-state index in [-0.39, 0.29) is 34.3 Å². The first-order chi connectivity index (χ1) is 13.6. The normalized spacial score (nSPS) is 46.2.